The zero-order chi connectivity index (χ0) is 14.2. The normalized spacial score (nSPS) is 18.7. The van der Waals surface area contributed by atoms with Crippen molar-refractivity contribution in [3.63, 3.8) is 0 Å². The number of nitrogens with zero attached hydrogens (tertiary/aromatic N) is 1. The largest absolute Gasteiger partial charge is 0.315 e. The Morgan fingerprint density at radius 1 is 1.20 bits per heavy atom. The molecule has 20 heavy (non-hydrogen) atoms. The minimum atomic E-state index is 0.603. The average Bonchev–Trinajstić information content (AvgIpc) is 2.77. The molecule has 1 heterocycles. The molecule has 1 fully saturated rings. The fourth-order valence-electron chi connectivity index (χ4n) is 2.96. The smallest absolute Gasteiger partial charge is 0.0348 e. The summed E-state index contributed by atoms with van der Waals surface area (Å²) in [6.07, 6.45) is 7.30. The van der Waals surface area contributed by atoms with Crippen LogP contribution in [0.2, 0.25) is 0 Å². The molecule has 0 amide bonds. The molecule has 1 N–H and O–H groups in total. The van der Waals surface area contributed by atoms with E-state index in [1.165, 1.54) is 55.8 Å². The van der Waals surface area contributed by atoms with E-state index in [9.17, 15) is 0 Å². The number of nitrogens with one attached hydrogen (secondary N) is 1. The molecule has 2 rings (SSSR count). The van der Waals surface area contributed by atoms with E-state index < -0.39 is 0 Å². The summed E-state index contributed by atoms with van der Waals surface area (Å²) in [6, 6.07) is 9.82. The molecule has 0 aliphatic carbocycles. The maximum atomic E-state index is 3.51. The van der Waals surface area contributed by atoms with E-state index in [1.54, 1.807) is 0 Å². The van der Waals surface area contributed by atoms with Crippen LogP contribution in [0, 0.1) is 0 Å². The molecule has 3 heteroatoms. The van der Waals surface area contributed by atoms with E-state index >= 15 is 0 Å². The van der Waals surface area contributed by atoms with Gasteiger partial charge < -0.3 is 5.32 Å². The Hall–Kier alpha value is -0.510. The van der Waals surface area contributed by atoms with Crippen molar-refractivity contribution in [3.05, 3.63) is 29.8 Å². The number of rotatable bonds is 6. The highest BCUT2D eigenvalue weighted by molar-refractivity contribution is 7.98. The maximum absolute atomic E-state index is 3.51. The van der Waals surface area contributed by atoms with E-state index in [4.69, 9.17) is 0 Å². The summed E-state index contributed by atoms with van der Waals surface area (Å²) in [7, 11) is 0. The van der Waals surface area contributed by atoms with Crippen LogP contribution in [0.15, 0.2) is 29.2 Å². The van der Waals surface area contributed by atoms with Crippen molar-refractivity contribution >= 4 is 11.8 Å². The minimum absolute atomic E-state index is 0.603. The standard InChI is InChI=1S/C17H28N2S/c1-3-4-6-17(19-13-5-11-18-12-14-19)15-7-9-16(20-2)10-8-15/h7-10,17-18H,3-6,11-14H2,1-2H3. The van der Waals surface area contributed by atoms with Gasteiger partial charge in [0.25, 0.3) is 0 Å². The van der Waals surface area contributed by atoms with Gasteiger partial charge in [0.1, 0.15) is 0 Å². The molecule has 1 aliphatic rings. The summed E-state index contributed by atoms with van der Waals surface area (Å²) in [5.41, 5.74) is 1.50. The van der Waals surface area contributed by atoms with Crippen molar-refractivity contribution in [2.75, 3.05) is 32.4 Å². The fourth-order valence-corrected chi connectivity index (χ4v) is 3.37. The lowest BCUT2D eigenvalue weighted by Gasteiger charge is -2.31. The van der Waals surface area contributed by atoms with Gasteiger partial charge in [-0.15, -0.1) is 11.8 Å². The molecule has 1 saturated heterocycles. The zero-order valence-electron chi connectivity index (χ0n) is 12.9. The van der Waals surface area contributed by atoms with Crippen LogP contribution in [0.25, 0.3) is 0 Å². The van der Waals surface area contributed by atoms with Gasteiger partial charge in [0.05, 0.1) is 0 Å². The van der Waals surface area contributed by atoms with Crippen LogP contribution in [0.4, 0.5) is 0 Å². The number of hydrogen-bond acceptors (Lipinski definition) is 3. The molecule has 2 nitrogen and oxygen atoms in total. The summed E-state index contributed by atoms with van der Waals surface area (Å²) in [5.74, 6) is 0. The topological polar surface area (TPSA) is 15.3 Å². The first-order chi connectivity index (χ1) is 9.85. The lowest BCUT2D eigenvalue weighted by molar-refractivity contribution is 0.197. The lowest BCUT2D eigenvalue weighted by atomic mass is 9.99. The van der Waals surface area contributed by atoms with E-state index in [2.05, 4.69) is 47.7 Å². The van der Waals surface area contributed by atoms with Gasteiger partial charge in [0.2, 0.25) is 0 Å². The third kappa shape index (κ3) is 4.51. The van der Waals surface area contributed by atoms with Crippen molar-refractivity contribution in [1.29, 1.82) is 0 Å². The predicted molar refractivity (Wildman–Crippen MR) is 89.5 cm³/mol. The second-order valence-electron chi connectivity index (χ2n) is 5.57. The van der Waals surface area contributed by atoms with Gasteiger partial charge in [-0.05, 0) is 43.3 Å². The van der Waals surface area contributed by atoms with Crippen LogP contribution >= 0.6 is 11.8 Å². The zero-order valence-corrected chi connectivity index (χ0v) is 13.7. The van der Waals surface area contributed by atoms with Crippen molar-refractivity contribution in [3.8, 4) is 0 Å². The Kier molecular flexibility index (Phi) is 6.91. The van der Waals surface area contributed by atoms with Crippen molar-refractivity contribution in [2.24, 2.45) is 0 Å². The van der Waals surface area contributed by atoms with Gasteiger partial charge in [-0.2, -0.15) is 0 Å². The van der Waals surface area contributed by atoms with Crippen LogP contribution in [-0.2, 0) is 0 Å². The summed E-state index contributed by atoms with van der Waals surface area (Å²) in [6.45, 7) is 7.00. The molecule has 112 valence electrons. The number of thioether (sulfide) groups is 1. The molecule has 1 aliphatic heterocycles. The Morgan fingerprint density at radius 3 is 2.70 bits per heavy atom. The first kappa shape index (κ1) is 15.9. The molecule has 0 saturated carbocycles. The van der Waals surface area contributed by atoms with Crippen LogP contribution in [0.1, 0.15) is 44.2 Å². The van der Waals surface area contributed by atoms with Crippen LogP contribution in [0.3, 0.4) is 0 Å². The molecule has 0 spiro atoms. The van der Waals surface area contributed by atoms with Gasteiger partial charge in [-0.1, -0.05) is 31.9 Å². The molecule has 1 atom stereocenters. The van der Waals surface area contributed by atoms with E-state index in [-0.39, 0.29) is 0 Å². The molecule has 0 bridgehead atoms. The van der Waals surface area contributed by atoms with Gasteiger partial charge in [0.15, 0.2) is 0 Å². The van der Waals surface area contributed by atoms with Crippen LogP contribution in [0.5, 0.6) is 0 Å². The highest BCUT2D eigenvalue weighted by atomic mass is 32.2. The van der Waals surface area contributed by atoms with Gasteiger partial charge in [-0.3, -0.25) is 4.90 Å². The maximum Gasteiger partial charge on any atom is 0.0348 e. The first-order valence-electron chi connectivity index (χ1n) is 7.94. The summed E-state index contributed by atoms with van der Waals surface area (Å²) in [5, 5.41) is 3.51. The molecule has 1 aromatic carbocycles. The van der Waals surface area contributed by atoms with Gasteiger partial charge in [0, 0.05) is 30.6 Å². The molecule has 1 aromatic rings. The van der Waals surface area contributed by atoms with E-state index in [0.29, 0.717) is 6.04 Å². The molecule has 0 radical (unpaired) electrons. The van der Waals surface area contributed by atoms with Crippen LogP contribution < -0.4 is 5.32 Å². The third-order valence-electron chi connectivity index (χ3n) is 4.15. The average molecular weight is 292 g/mol. The summed E-state index contributed by atoms with van der Waals surface area (Å²) < 4.78 is 0. The summed E-state index contributed by atoms with van der Waals surface area (Å²) >= 11 is 1.82. The quantitative estimate of drug-likeness (QED) is 0.800. The second kappa shape index (κ2) is 8.71. The van der Waals surface area contributed by atoms with Crippen molar-refractivity contribution in [1.82, 2.24) is 10.2 Å². The first-order valence-corrected chi connectivity index (χ1v) is 9.16. The predicted octanol–water partition coefficient (Wildman–Crippen LogP) is 3.94. The molecular formula is C17H28N2S. The third-order valence-corrected chi connectivity index (χ3v) is 4.89. The van der Waals surface area contributed by atoms with E-state index in [0.717, 1.165) is 6.54 Å². The number of hydrogen-bond donors (Lipinski definition) is 1. The fraction of sp³-hybridized carbons (Fsp3) is 0.647. The Bertz CT molecular complexity index is 369. The highest BCUT2D eigenvalue weighted by Gasteiger charge is 2.20. The molecule has 1 unspecified atom stereocenters. The van der Waals surface area contributed by atoms with E-state index in [1.807, 2.05) is 11.8 Å². The van der Waals surface area contributed by atoms with Crippen molar-refractivity contribution in [2.45, 2.75) is 43.5 Å². The Balaban J connectivity index is 2.11. The molecular weight excluding hydrogens is 264 g/mol. The summed E-state index contributed by atoms with van der Waals surface area (Å²) in [4.78, 5) is 4.05. The minimum Gasteiger partial charge on any atom is -0.315 e. The number of unbranched alkanes of at least 4 members (excludes halogenated alkanes) is 1. The lowest BCUT2D eigenvalue weighted by Crippen LogP contribution is -2.32. The second-order valence-corrected chi connectivity index (χ2v) is 6.45. The van der Waals surface area contributed by atoms with Gasteiger partial charge in [-0.25, -0.2) is 0 Å². The van der Waals surface area contributed by atoms with Crippen molar-refractivity contribution < 1.29 is 0 Å². The Labute approximate surface area is 128 Å². The van der Waals surface area contributed by atoms with Crippen LogP contribution in [-0.4, -0.2) is 37.3 Å². The highest BCUT2D eigenvalue weighted by Crippen LogP contribution is 2.28. The monoisotopic (exact) mass is 292 g/mol. The number of benzene rings is 1. The van der Waals surface area contributed by atoms with Gasteiger partial charge >= 0.3 is 0 Å². The Morgan fingerprint density at radius 2 is 2.00 bits per heavy atom. The SMILES string of the molecule is CCCCC(c1ccc(SC)cc1)N1CCCNCC1. The molecule has 0 aromatic heterocycles.